The van der Waals surface area contributed by atoms with E-state index in [1.807, 2.05) is 0 Å². The van der Waals surface area contributed by atoms with Crippen molar-refractivity contribution in [3.05, 3.63) is 54.3 Å². The van der Waals surface area contributed by atoms with Crippen molar-refractivity contribution in [2.45, 2.75) is 19.5 Å². The van der Waals surface area contributed by atoms with E-state index in [1.165, 1.54) is 17.2 Å². The van der Waals surface area contributed by atoms with Crippen LogP contribution in [0, 0.1) is 11.6 Å². The van der Waals surface area contributed by atoms with Crippen LogP contribution in [0.5, 0.6) is 0 Å². The standard InChI is InChI=1S/C15H13F2N3O2/c1-9(14-3-2-4-22-14)19-15(21)7-20-8-18-12-5-10(16)11(17)6-13(12)20/h2-6,8-9H,7H2,1H3,(H,19,21)/t9-/m1/s1. The highest BCUT2D eigenvalue weighted by molar-refractivity contribution is 5.80. The minimum absolute atomic E-state index is 0.0490. The van der Waals surface area contributed by atoms with Gasteiger partial charge in [-0.15, -0.1) is 0 Å². The van der Waals surface area contributed by atoms with Crippen molar-refractivity contribution in [3.8, 4) is 0 Å². The first kappa shape index (κ1) is 14.2. The lowest BCUT2D eigenvalue weighted by atomic mass is 10.2. The largest absolute Gasteiger partial charge is 0.467 e. The van der Waals surface area contributed by atoms with E-state index in [-0.39, 0.29) is 18.5 Å². The molecule has 2 aromatic heterocycles. The number of hydrogen-bond donors (Lipinski definition) is 1. The van der Waals surface area contributed by atoms with E-state index in [1.54, 1.807) is 19.1 Å². The predicted octanol–water partition coefficient (Wildman–Crippen LogP) is 2.78. The average molecular weight is 305 g/mol. The Labute approximate surface area is 124 Å². The second kappa shape index (κ2) is 5.59. The van der Waals surface area contributed by atoms with Crippen LogP contribution in [0.15, 0.2) is 41.3 Å². The molecule has 0 fully saturated rings. The number of nitrogens with zero attached hydrogens (tertiary/aromatic N) is 2. The number of furan rings is 1. The third-order valence-electron chi connectivity index (χ3n) is 3.32. The van der Waals surface area contributed by atoms with Crippen LogP contribution in [0.4, 0.5) is 8.78 Å². The van der Waals surface area contributed by atoms with Gasteiger partial charge in [-0.3, -0.25) is 4.79 Å². The Balaban J connectivity index is 1.75. The van der Waals surface area contributed by atoms with Gasteiger partial charge in [-0.2, -0.15) is 0 Å². The van der Waals surface area contributed by atoms with E-state index in [4.69, 9.17) is 4.42 Å². The van der Waals surface area contributed by atoms with Crippen molar-refractivity contribution < 1.29 is 18.0 Å². The monoisotopic (exact) mass is 305 g/mol. The number of rotatable bonds is 4. The smallest absolute Gasteiger partial charge is 0.240 e. The van der Waals surface area contributed by atoms with Gasteiger partial charge < -0.3 is 14.3 Å². The van der Waals surface area contributed by atoms with Crippen LogP contribution in [0.25, 0.3) is 11.0 Å². The average Bonchev–Trinajstić information content (AvgIpc) is 3.11. The first-order valence-electron chi connectivity index (χ1n) is 6.67. The lowest BCUT2D eigenvalue weighted by Gasteiger charge is -2.12. The number of nitrogens with one attached hydrogen (secondary N) is 1. The van der Waals surface area contributed by atoms with Gasteiger partial charge in [-0.25, -0.2) is 13.8 Å². The highest BCUT2D eigenvalue weighted by Gasteiger charge is 2.14. The molecule has 0 unspecified atom stereocenters. The van der Waals surface area contributed by atoms with Gasteiger partial charge in [0.25, 0.3) is 0 Å². The number of carbonyl (C=O) groups is 1. The summed E-state index contributed by atoms with van der Waals surface area (Å²) < 4.78 is 33.1. The van der Waals surface area contributed by atoms with Gasteiger partial charge in [0, 0.05) is 12.1 Å². The molecule has 3 aromatic rings. The fraction of sp³-hybridized carbons (Fsp3) is 0.200. The van der Waals surface area contributed by atoms with Crippen LogP contribution in [-0.2, 0) is 11.3 Å². The number of benzene rings is 1. The third-order valence-corrected chi connectivity index (χ3v) is 3.32. The van der Waals surface area contributed by atoms with Crippen LogP contribution in [0.1, 0.15) is 18.7 Å². The van der Waals surface area contributed by atoms with Crippen molar-refractivity contribution in [1.82, 2.24) is 14.9 Å². The number of fused-ring (bicyclic) bond motifs is 1. The summed E-state index contributed by atoms with van der Waals surface area (Å²) >= 11 is 0. The predicted molar refractivity (Wildman–Crippen MR) is 74.9 cm³/mol. The molecule has 1 amide bonds. The van der Waals surface area contributed by atoms with E-state index in [0.717, 1.165) is 12.1 Å². The van der Waals surface area contributed by atoms with E-state index in [9.17, 15) is 13.6 Å². The minimum Gasteiger partial charge on any atom is -0.467 e. The van der Waals surface area contributed by atoms with Crippen molar-refractivity contribution in [1.29, 1.82) is 0 Å². The molecule has 1 aromatic carbocycles. The van der Waals surface area contributed by atoms with E-state index in [2.05, 4.69) is 10.3 Å². The van der Waals surface area contributed by atoms with Crippen LogP contribution in [0.3, 0.4) is 0 Å². The molecule has 1 atom stereocenters. The first-order chi connectivity index (χ1) is 10.5. The van der Waals surface area contributed by atoms with Gasteiger partial charge in [0.15, 0.2) is 11.6 Å². The Morgan fingerprint density at radius 1 is 1.41 bits per heavy atom. The third kappa shape index (κ3) is 2.69. The maximum atomic E-state index is 13.3. The van der Waals surface area contributed by atoms with Crippen LogP contribution in [0.2, 0.25) is 0 Å². The van der Waals surface area contributed by atoms with Gasteiger partial charge >= 0.3 is 0 Å². The molecule has 0 aliphatic carbocycles. The lowest BCUT2D eigenvalue weighted by Crippen LogP contribution is -2.29. The van der Waals surface area contributed by atoms with Gasteiger partial charge in [0.2, 0.25) is 5.91 Å². The Morgan fingerprint density at radius 3 is 2.91 bits per heavy atom. The summed E-state index contributed by atoms with van der Waals surface area (Å²) in [7, 11) is 0. The Kier molecular flexibility index (Phi) is 3.62. The molecule has 0 aliphatic rings. The van der Waals surface area contributed by atoms with Gasteiger partial charge in [-0.1, -0.05) is 0 Å². The normalized spacial score (nSPS) is 12.5. The van der Waals surface area contributed by atoms with Gasteiger partial charge in [-0.05, 0) is 19.1 Å². The maximum Gasteiger partial charge on any atom is 0.240 e. The summed E-state index contributed by atoms with van der Waals surface area (Å²) in [6.45, 7) is 1.74. The zero-order valence-corrected chi connectivity index (χ0v) is 11.7. The minimum atomic E-state index is -0.974. The highest BCUT2D eigenvalue weighted by atomic mass is 19.2. The van der Waals surface area contributed by atoms with Gasteiger partial charge in [0.05, 0.1) is 29.7 Å². The summed E-state index contributed by atoms with van der Waals surface area (Å²) in [6, 6.07) is 5.24. The second-order valence-electron chi connectivity index (χ2n) is 4.93. The molecule has 7 heteroatoms. The molecule has 2 heterocycles. The van der Waals surface area contributed by atoms with E-state index < -0.39 is 11.6 Å². The molecule has 0 bridgehead atoms. The summed E-state index contributed by atoms with van der Waals surface area (Å²) in [5.41, 5.74) is 0.658. The molecule has 0 spiro atoms. The fourth-order valence-electron chi connectivity index (χ4n) is 2.23. The zero-order valence-electron chi connectivity index (χ0n) is 11.7. The topological polar surface area (TPSA) is 60.1 Å². The summed E-state index contributed by atoms with van der Waals surface area (Å²) in [6.07, 6.45) is 2.90. The molecule has 0 saturated carbocycles. The molecular weight excluding hydrogens is 292 g/mol. The molecule has 0 radical (unpaired) electrons. The van der Waals surface area contributed by atoms with Crippen molar-refractivity contribution >= 4 is 16.9 Å². The fourth-order valence-corrected chi connectivity index (χ4v) is 2.23. The summed E-state index contributed by atoms with van der Waals surface area (Å²) in [4.78, 5) is 16.0. The SMILES string of the molecule is C[C@@H](NC(=O)Cn1cnc2cc(F)c(F)cc21)c1ccco1. The van der Waals surface area contributed by atoms with E-state index in [0.29, 0.717) is 16.8 Å². The van der Waals surface area contributed by atoms with Crippen LogP contribution < -0.4 is 5.32 Å². The molecule has 0 saturated heterocycles. The Morgan fingerprint density at radius 2 is 2.18 bits per heavy atom. The molecule has 3 rings (SSSR count). The number of carbonyl (C=O) groups excluding carboxylic acids is 1. The second-order valence-corrected chi connectivity index (χ2v) is 4.93. The Bertz CT molecular complexity index is 812. The molecular formula is C15H13F2N3O2. The molecule has 22 heavy (non-hydrogen) atoms. The molecule has 5 nitrogen and oxygen atoms in total. The van der Waals surface area contributed by atoms with Gasteiger partial charge in [0.1, 0.15) is 12.3 Å². The quantitative estimate of drug-likeness (QED) is 0.806. The van der Waals surface area contributed by atoms with E-state index >= 15 is 0 Å². The van der Waals surface area contributed by atoms with Crippen molar-refractivity contribution in [2.75, 3.05) is 0 Å². The summed E-state index contributed by atoms with van der Waals surface area (Å²) in [5.74, 6) is -1.59. The lowest BCUT2D eigenvalue weighted by molar-refractivity contribution is -0.122. The zero-order chi connectivity index (χ0) is 15.7. The number of amides is 1. The number of halogens is 2. The first-order valence-corrected chi connectivity index (χ1v) is 6.67. The van der Waals surface area contributed by atoms with Crippen LogP contribution in [-0.4, -0.2) is 15.5 Å². The molecule has 114 valence electrons. The molecule has 0 aliphatic heterocycles. The summed E-state index contributed by atoms with van der Waals surface area (Å²) in [5, 5.41) is 2.76. The Hall–Kier alpha value is -2.70. The van der Waals surface area contributed by atoms with Crippen molar-refractivity contribution in [3.63, 3.8) is 0 Å². The van der Waals surface area contributed by atoms with Crippen LogP contribution >= 0.6 is 0 Å². The highest BCUT2D eigenvalue weighted by Crippen LogP contribution is 2.18. The van der Waals surface area contributed by atoms with Crippen molar-refractivity contribution in [2.24, 2.45) is 0 Å². The maximum absolute atomic E-state index is 13.3. The molecule has 1 N–H and O–H groups in total. The number of hydrogen-bond acceptors (Lipinski definition) is 3. The number of imidazole rings is 1. The number of aromatic nitrogens is 2.